The van der Waals surface area contributed by atoms with Crippen LogP contribution < -0.4 is 14.8 Å². The number of allylic oxidation sites excluding steroid dienone is 3. The van der Waals surface area contributed by atoms with Crippen molar-refractivity contribution in [2.45, 2.75) is 32.9 Å². The lowest BCUT2D eigenvalue weighted by Gasteiger charge is -2.11. The van der Waals surface area contributed by atoms with Crippen molar-refractivity contribution in [1.82, 2.24) is 5.32 Å². The molecule has 2 rings (SSSR count). The number of benzene rings is 1. The second-order valence-corrected chi connectivity index (χ2v) is 6.34. The molecule has 0 unspecified atom stereocenters. The summed E-state index contributed by atoms with van der Waals surface area (Å²) in [6.07, 6.45) is 2.99. The third-order valence-corrected chi connectivity index (χ3v) is 3.62. The number of hydrogen-bond acceptors (Lipinski definition) is 3. The van der Waals surface area contributed by atoms with Crippen LogP contribution in [0.4, 0.5) is 13.2 Å². The van der Waals surface area contributed by atoms with Crippen molar-refractivity contribution in [1.29, 1.82) is 0 Å². The van der Waals surface area contributed by atoms with Crippen LogP contribution in [0.1, 0.15) is 31.4 Å². The number of carbonyl (C=O) groups excluding carboxylic acids is 1. The van der Waals surface area contributed by atoms with Crippen molar-refractivity contribution in [3.05, 3.63) is 47.6 Å². The van der Waals surface area contributed by atoms with E-state index in [9.17, 15) is 18.0 Å². The largest absolute Gasteiger partial charge is 0.454 e. The molecular weight excluding hydrogens is 347 g/mol. The number of hydrogen-bond donors (Lipinski definition) is 1. The van der Waals surface area contributed by atoms with Crippen LogP contribution in [0.15, 0.2) is 36.4 Å². The standard InChI is InChI=1S/C19H22F3NO3/c1-13(2)11-23-17(24)8-6-4-3-5-7-14-9-15(19(20,21)22)18-16(10-14)25-12-26-18/h3-4,6,8-10,13H,5,7,11-12H2,1-2H3,(H,23,24)/b4-3+,8-6+. The van der Waals surface area contributed by atoms with Crippen molar-refractivity contribution in [2.24, 2.45) is 5.92 Å². The number of nitrogens with one attached hydrogen (secondary N) is 1. The highest BCUT2D eigenvalue weighted by molar-refractivity contribution is 5.87. The second kappa shape index (κ2) is 8.78. The van der Waals surface area contributed by atoms with Gasteiger partial charge >= 0.3 is 6.18 Å². The third kappa shape index (κ3) is 5.82. The monoisotopic (exact) mass is 369 g/mol. The van der Waals surface area contributed by atoms with Gasteiger partial charge in [-0.15, -0.1) is 0 Å². The van der Waals surface area contributed by atoms with Crippen molar-refractivity contribution in [3.8, 4) is 11.5 Å². The van der Waals surface area contributed by atoms with Crippen LogP contribution in [-0.4, -0.2) is 19.2 Å². The first-order chi connectivity index (χ1) is 12.3. The second-order valence-electron chi connectivity index (χ2n) is 6.34. The molecule has 0 spiro atoms. The summed E-state index contributed by atoms with van der Waals surface area (Å²) in [5, 5.41) is 2.75. The number of alkyl halides is 3. The molecule has 1 amide bonds. The van der Waals surface area contributed by atoms with Gasteiger partial charge in [-0.05, 0) is 36.5 Å². The Bertz CT molecular complexity index is 694. The maximum absolute atomic E-state index is 13.1. The van der Waals surface area contributed by atoms with Gasteiger partial charge in [0.1, 0.15) is 5.56 Å². The van der Waals surface area contributed by atoms with Crippen LogP contribution in [0.2, 0.25) is 0 Å². The summed E-state index contributed by atoms with van der Waals surface area (Å²) in [5.41, 5.74) is -0.293. The zero-order valence-electron chi connectivity index (χ0n) is 14.7. The van der Waals surface area contributed by atoms with Crippen molar-refractivity contribution >= 4 is 5.91 Å². The highest BCUT2D eigenvalue weighted by atomic mass is 19.4. The summed E-state index contributed by atoms with van der Waals surface area (Å²) >= 11 is 0. The molecule has 142 valence electrons. The van der Waals surface area contributed by atoms with Gasteiger partial charge < -0.3 is 14.8 Å². The maximum Gasteiger partial charge on any atom is 0.420 e. The fourth-order valence-electron chi connectivity index (χ4n) is 2.35. The predicted molar refractivity (Wildman–Crippen MR) is 92.0 cm³/mol. The zero-order valence-corrected chi connectivity index (χ0v) is 14.7. The molecule has 26 heavy (non-hydrogen) atoms. The van der Waals surface area contributed by atoms with E-state index in [1.165, 1.54) is 6.08 Å². The molecule has 0 aliphatic carbocycles. The van der Waals surface area contributed by atoms with E-state index in [4.69, 9.17) is 9.47 Å². The number of aryl methyl sites for hydroxylation is 1. The molecule has 0 saturated heterocycles. The first-order valence-electron chi connectivity index (χ1n) is 8.38. The van der Waals surface area contributed by atoms with Gasteiger partial charge in [-0.2, -0.15) is 13.2 Å². The first kappa shape index (κ1) is 19.9. The van der Waals surface area contributed by atoms with E-state index in [0.29, 0.717) is 30.9 Å². The Balaban J connectivity index is 1.89. The molecule has 1 heterocycles. The minimum Gasteiger partial charge on any atom is -0.454 e. The quantitative estimate of drug-likeness (QED) is 0.577. The van der Waals surface area contributed by atoms with Gasteiger partial charge in [-0.25, -0.2) is 0 Å². The summed E-state index contributed by atoms with van der Waals surface area (Å²) in [7, 11) is 0. The number of rotatable bonds is 7. The number of amides is 1. The maximum atomic E-state index is 13.1. The molecule has 1 aliphatic rings. The lowest BCUT2D eigenvalue weighted by molar-refractivity contribution is -0.138. The molecule has 1 N–H and O–H groups in total. The Labute approximate surface area is 150 Å². The zero-order chi connectivity index (χ0) is 19.2. The van der Waals surface area contributed by atoms with E-state index in [-0.39, 0.29) is 24.2 Å². The van der Waals surface area contributed by atoms with Crippen LogP contribution in [0.3, 0.4) is 0 Å². The van der Waals surface area contributed by atoms with Gasteiger partial charge in [-0.3, -0.25) is 4.79 Å². The minimum absolute atomic E-state index is 0.125. The SMILES string of the molecule is CC(C)CNC(=O)/C=C/C=C/CCc1cc2c(c(C(F)(F)F)c1)OCO2. The summed E-state index contributed by atoms with van der Waals surface area (Å²) < 4.78 is 49.3. The summed E-state index contributed by atoms with van der Waals surface area (Å²) in [5.74, 6) is 0.0905. The predicted octanol–water partition coefficient (Wildman–Crippen LogP) is 4.25. The highest BCUT2D eigenvalue weighted by Gasteiger charge is 2.38. The normalized spacial score (nSPS) is 13.9. The van der Waals surface area contributed by atoms with Crippen molar-refractivity contribution in [2.75, 3.05) is 13.3 Å². The van der Waals surface area contributed by atoms with Crippen LogP contribution in [0, 0.1) is 5.92 Å². The molecule has 1 aliphatic heterocycles. The van der Waals surface area contributed by atoms with E-state index in [1.807, 2.05) is 13.8 Å². The molecule has 0 radical (unpaired) electrons. The Morgan fingerprint density at radius 1 is 1.27 bits per heavy atom. The van der Waals surface area contributed by atoms with E-state index in [1.54, 1.807) is 24.3 Å². The molecule has 4 nitrogen and oxygen atoms in total. The van der Waals surface area contributed by atoms with Crippen molar-refractivity contribution in [3.63, 3.8) is 0 Å². The summed E-state index contributed by atoms with van der Waals surface area (Å²) in [6, 6.07) is 2.66. The van der Waals surface area contributed by atoms with E-state index >= 15 is 0 Å². The highest BCUT2D eigenvalue weighted by Crippen LogP contribution is 2.45. The van der Waals surface area contributed by atoms with Crippen LogP contribution in [0.5, 0.6) is 11.5 Å². The smallest absolute Gasteiger partial charge is 0.420 e. The average Bonchev–Trinajstić information content (AvgIpc) is 3.02. The van der Waals surface area contributed by atoms with Gasteiger partial charge in [0.05, 0.1) is 0 Å². The Hall–Kier alpha value is -2.44. The lowest BCUT2D eigenvalue weighted by Crippen LogP contribution is -2.25. The molecule has 0 saturated carbocycles. The molecule has 1 aromatic carbocycles. The van der Waals surface area contributed by atoms with Gasteiger partial charge in [0.25, 0.3) is 0 Å². The van der Waals surface area contributed by atoms with Gasteiger partial charge in [0, 0.05) is 12.6 Å². The van der Waals surface area contributed by atoms with Crippen LogP contribution >= 0.6 is 0 Å². The van der Waals surface area contributed by atoms with E-state index < -0.39 is 11.7 Å². The summed E-state index contributed by atoms with van der Waals surface area (Å²) in [6.45, 7) is 4.42. The number of halogens is 3. The van der Waals surface area contributed by atoms with Gasteiger partial charge in [0.15, 0.2) is 11.5 Å². The van der Waals surface area contributed by atoms with Gasteiger partial charge in [-0.1, -0.05) is 32.1 Å². The summed E-state index contributed by atoms with van der Waals surface area (Å²) in [4.78, 5) is 11.5. The Morgan fingerprint density at radius 2 is 2.04 bits per heavy atom. The van der Waals surface area contributed by atoms with Crippen LogP contribution in [-0.2, 0) is 17.4 Å². The van der Waals surface area contributed by atoms with Crippen LogP contribution in [0.25, 0.3) is 0 Å². The van der Waals surface area contributed by atoms with E-state index in [2.05, 4.69) is 5.32 Å². The first-order valence-corrected chi connectivity index (χ1v) is 8.38. The molecule has 0 atom stereocenters. The fraction of sp³-hybridized carbons (Fsp3) is 0.421. The van der Waals surface area contributed by atoms with Gasteiger partial charge in [0.2, 0.25) is 12.7 Å². The molecule has 0 aromatic heterocycles. The number of ether oxygens (including phenoxy) is 2. The molecule has 1 aromatic rings. The fourth-order valence-corrected chi connectivity index (χ4v) is 2.35. The minimum atomic E-state index is -4.49. The molecule has 0 fully saturated rings. The van der Waals surface area contributed by atoms with Crippen molar-refractivity contribution < 1.29 is 27.4 Å². The average molecular weight is 369 g/mol. The third-order valence-electron chi connectivity index (χ3n) is 3.62. The Kier molecular flexibility index (Phi) is 6.71. The lowest BCUT2D eigenvalue weighted by atomic mass is 10.0. The molecule has 7 heteroatoms. The van der Waals surface area contributed by atoms with E-state index in [0.717, 1.165) is 6.07 Å². The Morgan fingerprint density at radius 3 is 2.73 bits per heavy atom. The number of fused-ring (bicyclic) bond motifs is 1. The molecule has 0 bridgehead atoms. The topological polar surface area (TPSA) is 47.6 Å². The number of carbonyl (C=O) groups is 1. The molecular formula is C19H22F3NO3.